The van der Waals surface area contributed by atoms with Crippen molar-refractivity contribution in [3.05, 3.63) is 0 Å². The van der Waals surface area contributed by atoms with E-state index in [0.29, 0.717) is 0 Å². The summed E-state index contributed by atoms with van der Waals surface area (Å²) in [4.78, 5) is 79.3. The van der Waals surface area contributed by atoms with Gasteiger partial charge in [-0.2, -0.15) is 0 Å². The summed E-state index contributed by atoms with van der Waals surface area (Å²) in [5.41, 5.74) is 10.4. The van der Waals surface area contributed by atoms with Crippen molar-refractivity contribution in [3.8, 4) is 0 Å². The summed E-state index contributed by atoms with van der Waals surface area (Å²) in [6, 6.07) is -4.38. The zero-order valence-corrected chi connectivity index (χ0v) is 16.3. The van der Waals surface area contributed by atoms with Crippen LogP contribution in [-0.2, 0) is 33.6 Å². The zero-order valence-electron chi connectivity index (χ0n) is 16.3. The molecule has 10 N–H and O–H groups in total. The van der Waals surface area contributed by atoms with Crippen LogP contribution in [0.4, 0.5) is 0 Å². The van der Waals surface area contributed by atoms with Gasteiger partial charge in [0.25, 0.3) is 0 Å². The van der Waals surface area contributed by atoms with Crippen molar-refractivity contribution >= 4 is 41.5 Å². The molecule has 0 aromatic rings. The molecule has 0 aromatic heterocycles. The number of carboxylic acids is 3. The molecule has 0 heterocycles. The summed E-state index contributed by atoms with van der Waals surface area (Å²) in [6.07, 6.45) is -2.25. The monoisotopic (exact) mass is 447 g/mol. The summed E-state index contributed by atoms with van der Waals surface area (Å²) < 4.78 is 0. The van der Waals surface area contributed by atoms with Gasteiger partial charge in [-0.15, -0.1) is 0 Å². The lowest BCUT2D eigenvalue weighted by Gasteiger charge is -2.21. The Labute approximate surface area is 175 Å². The molecule has 0 aliphatic carbocycles. The van der Waals surface area contributed by atoms with E-state index in [2.05, 4.69) is 10.6 Å². The van der Waals surface area contributed by atoms with Crippen LogP contribution in [0.3, 0.4) is 0 Å². The molecule has 0 rings (SSSR count). The maximum atomic E-state index is 12.3. The van der Waals surface area contributed by atoms with Crippen LogP contribution in [-0.4, -0.2) is 81.5 Å². The van der Waals surface area contributed by atoms with E-state index in [-0.39, 0.29) is 12.8 Å². The molecule has 4 amide bonds. The minimum atomic E-state index is -1.69. The molecule has 0 aliphatic heterocycles. The highest BCUT2D eigenvalue weighted by molar-refractivity contribution is 5.93. The van der Waals surface area contributed by atoms with Gasteiger partial charge in [-0.25, -0.2) is 4.79 Å². The quantitative estimate of drug-likeness (QED) is 0.120. The smallest absolute Gasteiger partial charge is 0.326 e. The first kappa shape index (κ1) is 27.2. The summed E-state index contributed by atoms with van der Waals surface area (Å²) >= 11 is 0. The Bertz CT molecular complexity index is 726. The molecular formula is C16H25N5O10. The Kier molecular flexibility index (Phi) is 11.8. The van der Waals surface area contributed by atoms with Crippen LogP contribution in [0, 0.1) is 0 Å². The van der Waals surface area contributed by atoms with E-state index in [1.54, 1.807) is 0 Å². The second kappa shape index (κ2) is 13.5. The predicted octanol–water partition coefficient (Wildman–Crippen LogP) is -3.91. The average Bonchev–Trinajstić information content (AvgIpc) is 2.65. The van der Waals surface area contributed by atoms with Gasteiger partial charge < -0.3 is 42.7 Å². The molecular weight excluding hydrogens is 422 g/mol. The molecule has 3 atom stereocenters. The maximum absolute atomic E-state index is 12.3. The van der Waals surface area contributed by atoms with Crippen molar-refractivity contribution < 1.29 is 48.9 Å². The number of nitrogens with one attached hydrogen (secondary N) is 3. The van der Waals surface area contributed by atoms with E-state index in [1.165, 1.54) is 0 Å². The van der Waals surface area contributed by atoms with Crippen LogP contribution in [0.1, 0.15) is 32.1 Å². The van der Waals surface area contributed by atoms with Crippen molar-refractivity contribution in [2.75, 3.05) is 6.54 Å². The van der Waals surface area contributed by atoms with Gasteiger partial charge in [-0.3, -0.25) is 28.8 Å². The van der Waals surface area contributed by atoms with E-state index < -0.39 is 85.5 Å². The topological polar surface area (TPSA) is 268 Å². The predicted molar refractivity (Wildman–Crippen MR) is 100 cm³/mol. The van der Waals surface area contributed by atoms with Crippen LogP contribution in [0.5, 0.6) is 0 Å². The fraction of sp³-hybridized carbons (Fsp3) is 0.562. The molecule has 0 fully saturated rings. The number of aliphatic carboxylic acids is 3. The molecule has 0 aromatic carbocycles. The normalized spacial score (nSPS) is 13.2. The van der Waals surface area contributed by atoms with E-state index in [0.717, 1.165) is 0 Å². The number of carboxylic acid groups (broad SMARTS) is 3. The Morgan fingerprint density at radius 3 is 1.81 bits per heavy atom. The minimum Gasteiger partial charge on any atom is -0.481 e. The lowest BCUT2D eigenvalue weighted by Crippen LogP contribution is -2.54. The lowest BCUT2D eigenvalue weighted by atomic mass is 10.1. The van der Waals surface area contributed by atoms with E-state index >= 15 is 0 Å². The Hall–Kier alpha value is -3.75. The molecule has 0 bridgehead atoms. The van der Waals surface area contributed by atoms with Crippen LogP contribution in [0.15, 0.2) is 0 Å². The number of primary amides is 1. The Balaban J connectivity index is 4.95. The molecule has 0 radical (unpaired) electrons. The van der Waals surface area contributed by atoms with Gasteiger partial charge in [0.2, 0.25) is 23.6 Å². The number of carbonyl (C=O) groups excluding carboxylic acids is 4. The number of nitrogens with two attached hydrogens (primary N) is 2. The van der Waals surface area contributed by atoms with E-state index in [1.807, 2.05) is 5.32 Å². The Morgan fingerprint density at radius 2 is 1.32 bits per heavy atom. The first-order valence-electron chi connectivity index (χ1n) is 8.91. The number of rotatable bonds is 15. The standard InChI is InChI=1S/C16H25N5O10/c17-7(1-3-12(24)25)14(28)19-6-11(23)20-8(2-4-13(26)27)15(29)21-9(16(30)31)5-10(18)22/h7-9H,1-6,17H2,(H2,18,22)(H,19,28)(H,20,23)(H,21,29)(H,24,25)(H,26,27)(H,30,31). The van der Waals surface area contributed by atoms with Gasteiger partial charge in [0, 0.05) is 12.8 Å². The summed E-state index contributed by atoms with van der Waals surface area (Å²) in [7, 11) is 0. The second-order valence-electron chi connectivity index (χ2n) is 6.38. The third-order valence-corrected chi connectivity index (χ3v) is 3.75. The molecule has 174 valence electrons. The van der Waals surface area contributed by atoms with Crippen LogP contribution in [0.25, 0.3) is 0 Å². The number of carbonyl (C=O) groups is 7. The third kappa shape index (κ3) is 12.4. The summed E-state index contributed by atoms with van der Waals surface area (Å²) in [5.74, 6) is -7.87. The zero-order chi connectivity index (χ0) is 24.1. The average molecular weight is 447 g/mol. The SMILES string of the molecule is NC(=O)CC(NC(=O)C(CCC(=O)O)NC(=O)CNC(=O)C(N)CCC(=O)O)C(=O)O. The van der Waals surface area contributed by atoms with Gasteiger partial charge in [-0.1, -0.05) is 0 Å². The molecule has 0 saturated carbocycles. The Morgan fingerprint density at radius 1 is 0.774 bits per heavy atom. The highest BCUT2D eigenvalue weighted by Gasteiger charge is 2.28. The van der Waals surface area contributed by atoms with E-state index in [4.69, 9.17) is 26.8 Å². The van der Waals surface area contributed by atoms with Gasteiger partial charge in [0.15, 0.2) is 0 Å². The third-order valence-electron chi connectivity index (χ3n) is 3.75. The van der Waals surface area contributed by atoms with Crippen molar-refractivity contribution in [2.24, 2.45) is 11.5 Å². The van der Waals surface area contributed by atoms with Crippen LogP contribution in [0.2, 0.25) is 0 Å². The molecule has 31 heavy (non-hydrogen) atoms. The minimum absolute atomic E-state index is 0.178. The van der Waals surface area contributed by atoms with Crippen molar-refractivity contribution in [3.63, 3.8) is 0 Å². The maximum Gasteiger partial charge on any atom is 0.326 e. The molecule has 0 aliphatic rings. The summed E-state index contributed by atoms with van der Waals surface area (Å²) in [5, 5.41) is 32.6. The molecule has 0 spiro atoms. The first-order chi connectivity index (χ1) is 14.3. The molecule has 15 nitrogen and oxygen atoms in total. The van der Waals surface area contributed by atoms with Crippen molar-refractivity contribution in [1.29, 1.82) is 0 Å². The number of hydrogen-bond donors (Lipinski definition) is 8. The van der Waals surface area contributed by atoms with Crippen LogP contribution >= 0.6 is 0 Å². The van der Waals surface area contributed by atoms with Gasteiger partial charge in [0.05, 0.1) is 19.0 Å². The highest BCUT2D eigenvalue weighted by Crippen LogP contribution is 2.01. The highest BCUT2D eigenvalue weighted by atomic mass is 16.4. The van der Waals surface area contributed by atoms with Gasteiger partial charge in [-0.05, 0) is 12.8 Å². The lowest BCUT2D eigenvalue weighted by molar-refractivity contribution is -0.144. The van der Waals surface area contributed by atoms with Crippen molar-refractivity contribution in [1.82, 2.24) is 16.0 Å². The largest absolute Gasteiger partial charge is 0.481 e. The summed E-state index contributed by atoms with van der Waals surface area (Å²) in [6.45, 7) is -0.667. The van der Waals surface area contributed by atoms with Gasteiger partial charge >= 0.3 is 17.9 Å². The number of amides is 4. The fourth-order valence-corrected chi connectivity index (χ4v) is 2.16. The first-order valence-corrected chi connectivity index (χ1v) is 8.91. The number of hydrogen-bond acceptors (Lipinski definition) is 8. The molecule has 3 unspecified atom stereocenters. The fourth-order valence-electron chi connectivity index (χ4n) is 2.16. The second-order valence-corrected chi connectivity index (χ2v) is 6.38. The van der Waals surface area contributed by atoms with E-state index in [9.17, 15) is 33.6 Å². The molecule has 0 saturated heterocycles. The molecule has 15 heteroatoms. The van der Waals surface area contributed by atoms with Crippen molar-refractivity contribution in [2.45, 2.75) is 50.2 Å². The van der Waals surface area contributed by atoms with Gasteiger partial charge in [0.1, 0.15) is 12.1 Å². The van der Waals surface area contributed by atoms with Crippen LogP contribution < -0.4 is 27.4 Å².